The van der Waals surface area contributed by atoms with Gasteiger partial charge in [-0.1, -0.05) is 13.8 Å². The third-order valence-electron chi connectivity index (χ3n) is 4.57. The SMILES string of the molecule is CC(C)(C)OC(=O)N1CCOCC1CNC1CSCCC1(C)C. The van der Waals surface area contributed by atoms with Crippen molar-refractivity contribution >= 4 is 17.9 Å². The fourth-order valence-corrected chi connectivity index (χ4v) is 4.58. The van der Waals surface area contributed by atoms with Gasteiger partial charge in [-0.3, -0.25) is 4.90 Å². The number of morpholine rings is 1. The number of hydrogen-bond acceptors (Lipinski definition) is 5. The molecule has 2 fully saturated rings. The molecule has 1 amide bonds. The van der Waals surface area contributed by atoms with Gasteiger partial charge in [0.15, 0.2) is 0 Å². The van der Waals surface area contributed by atoms with Crippen LogP contribution in [0, 0.1) is 5.41 Å². The molecule has 0 aromatic carbocycles. The van der Waals surface area contributed by atoms with Gasteiger partial charge >= 0.3 is 6.09 Å². The van der Waals surface area contributed by atoms with E-state index in [-0.39, 0.29) is 12.1 Å². The largest absolute Gasteiger partial charge is 0.444 e. The van der Waals surface area contributed by atoms with E-state index in [0.29, 0.717) is 31.2 Å². The molecule has 2 saturated heterocycles. The van der Waals surface area contributed by atoms with Crippen LogP contribution in [0.3, 0.4) is 0 Å². The van der Waals surface area contributed by atoms with E-state index in [1.54, 1.807) is 0 Å². The second-order valence-corrected chi connectivity index (χ2v) is 9.33. The zero-order valence-electron chi connectivity index (χ0n) is 15.2. The number of nitrogens with zero attached hydrogens (tertiary/aromatic N) is 1. The summed E-state index contributed by atoms with van der Waals surface area (Å²) in [6, 6.07) is 0.519. The molecule has 0 spiro atoms. The first-order chi connectivity index (χ1) is 10.7. The summed E-state index contributed by atoms with van der Waals surface area (Å²) < 4.78 is 11.1. The maximum Gasteiger partial charge on any atom is 0.410 e. The van der Waals surface area contributed by atoms with Gasteiger partial charge in [-0.05, 0) is 38.4 Å². The molecule has 23 heavy (non-hydrogen) atoms. The lowest BCUT2D eigenvalue weighted by Gasteiger charge is -2.41. The van der Waals surface area contributed by atoms with Crippen molar-refractivity contribution in [1.29, 1.82) is 0 Å². The highest BCUT2D eigenvalue weighted by Crippen LogP contribution is 2.34. The topological polar surface area (TPSA) is 50.8 Å². The lowest BCUT2D eigenvalue weighted by molar-refractivity contribution is -0.0328. The van der Waals surface area contributed by atoms with Crippen LogP contribution in [0.25, 0.3) is 0 Å². The molecule has 2 aliphatic rings. The fraction of sp³-hybridized carbons (Fsp3) is 0.941. The highest BCUT2D eigenvalue weighted by molar-refractivity contribution is 7.99. The van der Waals surface area contributed by atoms with Crippen molar-refractivity contribution in [2.45, 2.75) is 58.7 Å². The molecule has 1 N–H and O–H groups in total. The highest BCUT2D eigenvalue weighted by Gasteiger charge is 2.35. The number of ether oxygens (including phenoxy) is 2. The highest BCUT2D eigenvalue weighted by atomic mass is 32.2. The van der Waals surface area contributed by atoms with Crippen LogP contribution in [0.4, 0.5) is 4.79 Å². The van der Waals surface area contributed by atoms with Gasteiger partial charge in [0.05, 0.1) is 19.3 Å². The number of rotatable bonds is 3. The summed E-state index contributed by atoms with van der Waals surface area (Å²) >= 11 is 2.01. The number of carbonyl (C=O) groups is 1. The standard InChI is InChI=1S/C17H32N2O3S/c1-16(2,3)22-15(20)19-7-8-21-11-13(19)10-18-14-12-23-9-6-17(14,4)5/h13-14,18H,6-12H2,1-5H3. The predicted molar refractivity (Wildman–Crippen MR) is 95.1 cm³/mol. The second kappa shape index (κ2) is 7.62. The summed E-state index contributed by atoms with van der Waals surface area (Å²) in [5.74, 6) is 2.37. The number of thioether (sulfide) groups is 1. The molecule has 2 rings (SSSR count). The fourth-order valence-electron chi connectivity index (χ4n) is 2.93. The molecule has 2 heterocycles. The maximum absolute atomic E-state index is 12.4. The molecule has 6 heteroatoms. The average molecular weight is 345 g/mol. The van der Waals surface area contributed by atoms with E-state index in [1.165, 1.54) is 12.2 Å². The van der Waals surface area contributed by atoms with Gasteiger partial charge in [-0.2, -0.15) is 11.8 Å². The first-order valence-electron chi connectivity index (χ1n) is 8.57. The van der Waals surface area contributed by atoms with Gasteiger partial charge in [0.2, 0.25) is 0 Å². The van der Waals surface area contributed by atoms with Crippen molar-refractivity contribution in [1.82, 2.24) is 10.2 Å². The van der Waals surface area contributed by atoms with Crippen molar-refractivity contribution in [3.63, 3.8) is 0 Å². The minimum Gasteiger partial charge on any atom is -0.444 e. The Balaban J connectivity index is 1.92. The Morgan fingerprint density at radius 3 is 2.83 bits per heavy atom. The van der Waals surface area contributed by atoms with Crippen LogP contribution in [-0.4, -0.2) is 66.5 Å². The number of hydrogen-bond donors (Lipinski definition) is 1. The van der Waals surface area contributed by atoms with E-state index in [4.69, 9.17) is 9.47 Å². The summed E-state index contributed by atoms with van der Waals surface area (Å²) in [7, 11) is 0. The first-order valence-corrected chi connectivity index (χ1v) is 9.73. The van der Waals surface area contributed by atoms with Crippen molar-refractivity contribution in [2.75, 3.05) is 37.8 Å². The lowest BCUT2D eigenvalue weighted by Crippen LogP contribution is -2.57. The third kappa shape index (κ3) is 5.54. The summed E-state index contributed by atoms with van der Waals surface area (Å²) in [4.78, 5) is 14.2. The van der Waals surface area contributed by atoms with Crippen LogP contribution in [-0.2, 0) is 9.47 Å². The molecule has 0 aromatic rings. The van der Waals surface area contributed by atoms with Gasteiger partial charge in [-0.25, -0.2) is 4.79 Å². The zero-order valence-corrected chi connectivity index (χ0v) is 16.0. The molecular formula is C17H32N2O3S. The van der Waals surface area contributed by atoms with Crippen LogP contribution >= 0.6 is 11.8 Å². The summed E-state index contributed by atoms with van der Waals surface area (Å²) in [5, 5.41) is 3.68. The van der Waals surface area contributed by atoms with Gasteiger partial charge in [0.1, 0.15) is 5.60 Å². The van der Waals surface area contributed by atoms with E-state index in [1.807, 2.05) is 37.4 Å². The second-order valence-electron chi connectivity index (χ2n) is 8.18. The quantitative estimate of drug-likeness (QED) is 0.853. The Hall–Kier alpha value is -0.460. The molecule has 0 radical (unpaired) electrons. The van der Waals surface area contributed by atoms with Crippen LogP contribution in [0.1, 0.15) is 41.0 Å². The van der Waals surface area contributed by atoms with Crippen molar-refractivity contribution in [2.24, 2.45) is 5.41 Å². The van der Waals surface area contributed by atoms with Crippen LogP contribution < -0.4 is 5.32 Å². The Bertz CT molecular complexity index is 409. The normalized spacial score (nSPS) is 28.5. The number of amides is 1. The van der Waals surface area contributed by atoms with Crippen LogP contribution in [0.5, 0.6) is 0 Å². The lowest BCUT2D eigenvalue weighted by atomic mass is 9.82. The third-order valence-corrected chi connectivity index (χ3v) is 5.64. The Kier molecular flexibility index (Phi) is 6.25. The zero-order chi connectivity index (χ0) is 17.1. The van der Waals surface area contributed by atoms with E-state index in [9.17, 15) is 4.79 Å². The van der Waals surface area contributed by atoms with Gasteiger partial charge in [0, 0.05) is 24.9 Å². The number of nitrogens with one attached hydrogen (secondary N) is 1. The Morgan fingerprint density at radius 1 is 1.43 bits per heavy atom. The first kappa shape index (κ1) is 18.9. The van der Waals surface area contributed by atoms with Crippen molar-refractivity contribution in [3.05, 3.63) is 0 Å². The molecule has 0 bridgehead atoms. The van der Waals surface area contributed by atoms with Gasteiger partial charge < -0.3 is 14.8 Å². The van der Waals surface area contributed by atoms with Gasteiger partial charge in [-0.15, -0.1) is 0 Å². The smallest absolute Gasteiger partial charge is 0.410 e. The minimum absolute atomic E-state index is 0.0429. The number of carbonyl (C=O) groups excluding carboxylic acids is 1. The molecule has 134 valence electrons. The maximum atomic E-state index is 12.4. The van der Waals surface area contributed by atoms with Crippen LogP contribution in [0.15, 0.2) is 0 Å². The molecular weight excluding hydrogens is 312 g/mol. The van der Waals surface area contributed by atoms with E-state index in [2.05, 4.69) is 19.2 Å². The summed E-state index contributed by atoms with van der Waals surface area (Å²) in [6.45, 7) is 12.9. The molecule has 0 aliphatic carbocycles. The Morgan fingerprint density at radius 2 is 2.17 bits per heavy atom. The summed E-state index contributed by atoms with van der Waals surface area (Å²) in [6.07, 6.45) is 0.997. The van der Waals surface area contributed by atoms with E-state index < -0.39 is 5.60 Å². The van der Waals surface area contributed by atoms with Crippen molar-refractivity contribution < 1.29 is 14.3 Å². The van der Waals surface area contributed by atoms with E-state index in [0.717, 1.165) is 12.3 Å². The average Bonchev–Trinajstić information content (AvgIpc) is 2.44. The molecule has 2 aliphatic heterocycles. The minimum atomic E-state index is -0.463. The molecule has 0 saturated carbocycles. The van der Waals surface area contributed by atoms with E-state index >= 15 is 0 Å². The van der Waals surface area contributed by atoms with Gasteiger partial charge in [0.25, 0.3) is 0 Å². The predicted octanol–water partition coefficient (Wildman–Crippen LogP) is 2.74. The molecule has 0 aromatic heterocycles. The Labute approximate surface area is 144 Å². The monoisotopic (exact) mass is 344 g/mol. The van der Waals surface area contributed by atoms with Crippen molar-refractivity contribution in [3.8, 4) is 0 Å². The molecule has 2 atom stereocenters. The van der Waals surface area contributed by atoms with Crippen LogP contribution in [0.2, 0.25) is 0 Å². The molecule has 5 nitrogen and oxygen atoms in total. The molecule has 2 unspecified atom stereocenters. The summed E-state index contributed by atoms with van der Waals surface area (Å²) in [5.41, 5.74) is -0.160.